The van der Waals surface area contributed by atoms with E-state index in [-0.39, 0.29) is 32.2 Å². The summed E-state index contributed by atoms with van der Waals surface area (Å²) >= 11 is 0. The Balaban J connectivity index is 1.79. The van der Waals surface area contributed by atoms with Crippen LogP contribution in [0, 0.1) is 11.3 Å². The Morgan fingerprint density at radius 2 is 2.04 bits per heavy atom. The molecule has 2 atom stereocenters. The molecule has 0 saturated carbocycles. The van der Waals surface area contributed by atoms with E-state index < -0.39 is 23.7 Å². The monoisotopic (exact) mass is 392 g/mol. The van der Waals surface area contributed by atoms with Crippen molar-refractivity contribution in [1.82, 2.24) is 16.0 Å². The maximum atomic E-state index is 13.0. The lowest BCUT2D eigenvalue weighted by atomic mass is 10.1. The van der Waals surface area contributed by atoms with Gasteiger partial charge in [0.15, 0.2) is 11.5 Å². The van der Waals surface area contributed by atoms with Crippen molar-refractivity contribution < 1.29 is 23.5 Å². The van der Waals surface area contributed by atoms with Gasteiger partial charge >= 0.3 is 0 Å². The second-order valence-corrected chi connectivity index (χ2v) is 7.25. The molecular weight excluding hydrogens is 367 g/mol. The number of nitrogens with one attached hydrogen (secondary N) is 3. The lowest BCUT2D eigenvalue weighted by Crippen LogP contribution is -2.52. The SMILES string of the molecule is CC(F)CC(C#N)NC(=O)CNC(C)(C)CNC(=O)c1ccc2c(c1)OCO2. The molecule has 2 amide bonds. The van der Waals surface area contributed by atoms with Crippen LogP contribution >= 0.6 is 0 Å². The zero-order chi connectivity index (χ0) is 20.7. The predicted molar refractivity (Wildman–Crippen MR) is 99.7 cm³/mol. The van der Waals surface area contributed by atoms with E-state index in [9.17, 15) is 14.0 Å². The largest absolute Gasteiger partial charge is 0.454 e. The number of hydrogen-bond donors (Lipinski definition) is 3. The van der Waals surface area contributed by atoms with Gasteiger partial charge in [-0.05, 0) is 39.0 Å². The highest BCUT2D eigenvalue weighted by Crippen LogP contribution is 2.32. The van der Waals surface area contributed by atoms with Crippen molar-refractivity contribution in [3.05, 3.63) is 23.8 Å². The molecule has 0 spiro atoms. The van der Waals surface area contributed by atoms with Gasteiger partial charge in [0, 0.05) is 24.1 Å². The summed E-state index contributed by atoms with van der Waals surface area (Å²) in [6.45, 7) is 5.32. The zero-order valence-electron chi connectivity index (χ0n) is 16.2. The molecule has 8 nitrogen and oxygen atoms in total. The second-order valence-electron chi connectivity index (χ2n) is 7.25. The van der Waals surface area contributed by atoms with Crippen LogP contribution in [0.2, 0.25) is 0 Å². The Morgan fingerprint density at radius 1 is 1.32 bits per heavy atom. The van der Waals surface area contributed by atoms with Crippen LogP contribution in [-0.4, -0.2) is 49.4 Å². The van der Waals surface area contributed by atoms with Gasteiger partial charge in [-0.15, -0.1) is 0 Å². The fourth-order valence-electron chi connectivity index (χ4n) is 2.54. The molecule has 1 aromatic carbocycles. The normalized spacial score (nSPS) is 14.7. The van der Waals surface area contributed by atoms with Crippen LogP contribution in [0.1, 0.15) is 37.6 Å². The molecule has 1 aliphatic rings. The van der Waals surface area contributed by atoms with Crippen molar-refractivity contribution in [2.45, 2.75) is 44.9 Å². The van der Waals surface area contributed by atoms with Gasteiger partial charge in [-0.2, -0.15) is 5.26 Å². The number of rotatable bonds is 9. The second kappa shape index (κ2) is 9.37. The summed E-state index contributed by atoms with van der Waals surface area (Å²) in [5.41, 5.74) is -0.145. The molecule has 28 heavy (non-hydrogen) atoms. The minimum atomic E-state index is -1.18. The van der Waals surface area contributed by atoms with E-state index in [0.717, 1.165) is 0 Å². The fraction of sp³-hybridized carbons (Fsp3) is 0.526. The summed E-state index contributed by atoms with van der Waals surface area (Å²) < 4.78 is 23.5. The number of halogens is 1. The summed E-state index contributed by atoms with van der Waals surface area (Å²) in [5, 5.41) is 17.2. The molecule has 2 unspecified atom stereocenters. The highest BCUT2D eigenvalue weighted by atomic mass is 19.1. The lowest BCUT2D eigenvalue weighted by molar-refractivity contribution is -0.121. The molecule has 1 aromatic rings. The zero-order valence-corrected chi connectivity index (χ0v) is 16.2. The molecule has 0 radical (unpaired) electrons. The molecule has 9 heteroatoms. The van der Waals surface area contributed by atoms with E-state index >= 15 is 0 Å². The maximum Gasteiger partial charge on any atom is 0.251 e. The molecule has 1 aliphatic heterocycles. The first-order valence-electron chi connectivity index (χ1n) is 8.96. The highest BCUT2D eigenvalue weighted by molar-refractivity contribution is 5.95. The van der Waals surface area contributed by atoms with Gasteiger partial charge in [-0.1, -0.05) is 0 Å². The number of nitrogens with zero attached hydrogens (tertiary/aromatic N) is 1. The van der Waals surface area contributed by atoms with Crippen LogP contribution in [0.5, 0.6) is 11.5 Å². The van der Waals surface area contributed by atoms with Gasteiger partial charge < -0.3 is 25.4 Å². The standard InChI is InChI=1S/C19H25FN4O4/c1-12(20)6-14(8-21)24-17(25)9-23-19(2,3)10-22-18(26)13-4-5-15-16(7-13)28-11-27-15/h4-5,7,12,14,23H,6,9-11H2,1-3H3,(H,22,26)(H,24,25). The fourth-order valence-corrected chi connectivity index (χ4v) is 2.54. The van der Waals surface area contributed by atoms with Crippen molar-refractivity contribution in [3.8, 4) is 17.6 Å². The summed E-state index contributed by atoms with van der Waals surface area (Å²) in [6.07, 6.45) is -1.24. The quantitative estimate of drug-likeness (QED) is 0.583. The smallest absolute Gasteiger partial charge is 0.251 e. The molecule has 2 rings (SSSR count). The number of alkyl halides is 1. The first kappa shape index (κ1) is 21.4. The summed E-state index contributed by atoms with van der Waals surface area (Å²) in [6, 6.07) is 5.92. The van der Waals surface area contributed by atoms with E-state index in [1.165, 1.54) is 6.92 Å². The van der Waals surface area contributed by atoms with Crippen molar-refractivity contribution in [2.24, 2.45) is 0 Å². The molecule has 152 valence electrons. The van der Waals surface area contributed by atoms with E-state index in [0.29, 0.717) is 17.1 Å². The highest BCUT2D eigenvalue weighted by Gasteiger charge is 2.22. The molecule has 0 saturated heterocycles. The van der Waals surface area contributed by atoms with Gasteiger partial charge in [0.05, 0.1) is 12.6 Å². The number of carbonyl (C=O) groups excluding carboxylic acids is 2. The number of hydrogen-bond acceptors (Lipinski definition) is 6. The van der Waals surface area contributed by atoms with Gasteiger partial charge in [0.2, 0.25) is 12.7 Å². The first-order valence-corrected chi connectivity index (χ1v) is 8.96. The Kier molecular flexibility index (Phi) is 7.18. The van der Waals surface area contributed by atoms with Crippen LogP contribution in [-0.2, 0) is 4.79 Å². The van der Waals surface area contributed by atoms with Crippen LogP contribution < -0.4 is 25.4 Å². The predicted octanol–water partition coefficient (Wildman–Crippen LogP) is 1.27. The van der Waals surface area contributed by atoms with E-state index in [1.807, 2.05) is 19.9 Å². The third kappa shape index (κ3) is 6.39. The van der Waals surface area contributed by atoms with Crippen molar-refractivity contribution in [1.29, 1.82) is 5.26 Å². The molecule has 0 aromatic heterocycles. The number of carbonyl (C=O) groups is 2. The average molecular weight is 392 g/mol. The van der Waals surface area contributed by atoms with E-state index in [1.54, 1.807) is 18.2 Å². The topological polar surface area (TPSA) is 112 Å². The number of nitriles is 1. The third-order valence-corrected chi connectivity index (χ3v) is 4.10. The van der Waals surface area contributed by atoms with Crippen molar-refractivity contribution in [3.63, 3.8) is 0 Å². The Bertz CT molecular complexity index is 761. The number of fused-ring (bicyclic) bond motifs is 1. The van der Waals surface area contributed by atoms with Gasteiger partial charge in [0.25, 0.3) is 5.91 Å². The Hall–Kier alpha value is -2.86. The van der Waals surface area contributed by atoms with E-state index in [2.05, 4.69) is 16.0 Å². The Morgan fingerprint density at radius 3 is 2.71 bits per heavy atom. The molecular formula is C19H25FN4O4. The van der Waals surface area contributed by atoms with Crippen molar-refractivity contribution in [2.75, 3.05) is 19.9 Å². The number of benzene rings is 1. The number of amides is 2. The molecule has 0 bridgehead atoms. The summed E-state index contributed by atoms with van der Waals surface area (Å²) in [7, 11) is 0. The van der Waals surface area contributed by atoms with Crippen LogP contribution in [0.15, 0.2) is 18.2 Å². The first-order chi connectivity index (χ1) is 13.2. The van der Waals surface area contributed by atoms with Crippen LogP contribution in [0.4, 0.5) is 4.39 Å². The average Bonchev–Trinajstić information content (AvgIpc) is 3.11. The number of ether oxygens (including phenoxy) is 2. The van der Waals surface area contributed by atoms with E-state index in [4.69, 9.17) is 14.7 Å². The van der Waals surface area contributed by atoms with Crippen molar-refractivity contribution >= 4 is 11.8 Å². The minimum Gasteiger partial charge on any atom is -0.454 e. The molecule has 3 N–H and O–H groups in total. The summed E-state index contributed by atoms with van der Waals surface area (Å²) in [5.74, 6) is 0.431. The molecule has 0 fully saturated rings. The Labute approximate surface area is 163 Å². The van der Waals surface area contributed by atoms with Gasteiger partial charge in [0.1, 0.15) is 12.2 Å². The summed E-state index contributed by atoms with van der Waals surface area (Å²) in [4.78, 5) is 24.3. The molecule has 1 heterocycles. The maximum absolute atomic E-state index is 13.0. The lowest BCUT2D eigenvalue weighted by Gasteiger charge is -2.26. The van der Waals surface area contributed by atoms with Gasteiger partial charge in [-0.25, -0.2) is 4.39 Å². The minimum absolute atomic E-state index is 0.0583. The third-order valence-electron chi connectivity index (χ3n) is 4.10. The van der Waals surface area contributed by atoms with Crippen LogP contribution in [0.25, 0.3) is 0 Å². The van der Waals surface area contributed by atoms with Crippen LogP contribution in [0.3, 0.4) is 0 Å². The van der Waals surface area contributed by atoms with Gasteiger partial charge in [-0.3, -0.25) is 9.59 Å². The molecule has 0 aliphatic carbocycles.